The summed E-state index contributed by atoms with van der Waals surface area (Å²) in [6.45, 7) is 1.06. The molecule has 1 saturated heterocycles. The topological polar surface area (TPSA) is 92.5 Å². The first kappa shape index (κ1) is 15.9. The van der Waals surface area contributed by atoms with Gasteiger partial charge in [0.2, 0.25) is 11.8 Å². The summed E-state index contributed by atoms with van der Waals surface area (Å²) in [6.07, 6.45) is 1.69. The van der Waals surface area contributed by atoms with E-state index < -0.39 is 0 Å². The van der Waals surface area contributed by atoms with Crippen molar-refractivity contribution in [3.63, 3.8) is 0 Å². The zero-order chi connectivity index (χ0) is 16.4. The SMILES string of the molecule is NC(=O)C1CCN(C(=O)c2ccc3c(c2)NC(=O)CCS3)CC1. The number of nitrogens with zero attached hydrogens (tertiary/aromatic N) is 1. The van der Waals surface area contributed by atoms with Gasteiger partial charge in [-0.1, -0.05) is 0 Å². The summed E-state index contributed by atoms with van der Waals surface area (Å²) in [7, 11) is 0. The average Bonchev–Trinajstić information content (AvgIpc) is 2.74. The quantitative estimate of drug-likeness (QED) is 0.857. The van der Waals surface area contributed by atoms with Crippen LogP contribution in [0.25, 0.3) is 0 Å². The van der Waals surface area contributed by atoms with Crippen LogP contribution in [0.3, 0.4) is 0 Å². The fourth-order valence-corrected chi connectivity index (χ4v) is 3.84. The highest BCUT2D eigenvalue weighted by atomic mass is 32.2. The van der Waals surface area contributed by atoms with Crippen molar-refractivity contribution >= 4 is 35.2 Å². The minimum atomic E-state index is -0.290. The Hall–Kier alpha value is -2.02. The van der Waals surface area contributed by atoms with E-state index in [4.69, 9.17) is 5.73 Å². The minimum Gasteiger partial charge on any atom is -0.369 e. The monoisotopic (exact) mass is 333 g/mol. The molecule has 1 fully saturated rings. The molecule has 1 aromatic carbocycles. The molecule has 6 nitrogen and oxygen atoms in total. The molecule has 0 radical (unpaired) electrons. The van der Waals surface area contributed by atoms with Crippen molar-refractivity contribution in [1.29, 1.82) is 0 Å². The number of carbonyl (C=O) groups excluding carboxylic acids is 3. The Morgan fingerprint density at radius 3 is 2.70 bits per heavy atom. The number of rotatable bonds is 2. The highest BCUT2D eigenvalue weighted by Gasteiger charge is 2.27. The molecule has 0 aromatic heterocycles. The summed E-state index contributed by atoms with van der Waals surface area (Å²) in [6, 6.07) is 5.43. The van der Waals surface area contributed by atoms with E-state index in [0.717, 1.165) is 10.6 Å². The molecule has 2 heterocycles. The number of nitrogens with one attached hydrogen (secondary N) is 1. The fraction of sp³-hybridized carbons (Fsp3) is 0.438. The van der Waals surface area contributed by atoms with E-state index >= 15 is 0 Å². The van der Waals surface area contributed by atoms with Crippen molar-refractivity contribution in [3.8, 4) is 0 Å². The zero-order valence-electron chi connectivity index (χ0n) is 12.7. The number of hydrogen-bond donors (Lipinski definition) is 2. The van der Waals surface area contributed by atoms with E-state index in [0.29, 0.717) is 43.6 Å². The van der Waals surface area contributed by atoms with Crippen LogP contribution < -0.4 is 11.1 Å². The maximum absolute atomic E-state index is 12.6. The van der Waals surface area contributed by atoms with Gasteiger partial charge in [0.1, 0.15) is 0 Å². The molecule has 3 rings (SSSR count). The van der Waals surface area contributed by atoms with Gasteiger partial charge in [0.05, 0.1) is 5.69 Å². The van der Waals surface area contributed by atoms with Gasteiger partial charge in [-0.25, -0.2) is 0 Å². The van der Waals surface area contributed by atoms with Gasteiger partial charge in [0, 0.05) is 41.6 Å². The summed E-state index contributed by atoms with van der Waals surface area (Å²) in [5.41, 5.74) is 6.58. The molecule has 0 spiro atoms. The second-order valence-electron chi connectivity index (χ2n) is 5.83. The Kier molecular flexibility index (Phi) is 4.56. The van der Waals surface area contributed by atoms with E-state index in [1.807, 2.05) is 6.07 Å². The molecule has 2 aliphatic heterocycles. The average molecular weight is 333 g/mol. The van der Waals surface area contributed by atoms with E-state index in [2.05, 4.69) is 5.32 Å². The fourth-order valence-electron chi connectivity index (χ4n) is 2.90. The number of hydrogen-bond acceptors (Lipinski definition) is 4. The standard InChI is InChI=1S/C16H19N3O3S/c17-15(21)10-3-6-19(7-4-10)16(22)11-1-2-13-12(9-11)18-14(20)5-8-23-13/h1-2,9-10H,3-8H2,(H2,17,21)(H,18,20). The van der Waals surface area contributed by atoms with Crippen molar-refractivity contribution in [2.75, 3.05) is 24.2 Å². The molecule has 23 heavy (non-hydrogen) atoms. The Morgan fingerprint density at radius 1 is 1.26 bits per heavy atom. The van der Waals surface area contributed by atoms with Gasteiger partial charge < -0.3 is 16.0 Å². The molecular formula is C16H19N3O3S. The number of amides is 3. The molecule has 2 aliphatic rings. The van der Waals surface area contributed by atoms with Gasteiger partial charge in [-0.2, -0.15) is 0 Å². The number of likely N-dealkylation sites (tertiary alicyclic amines) is 1. The van der Waals surface area contributed by atoms with Crippen molar-refractivity contribution in [3.05, 3.63) is 23.8 Å². The predicted octanol–water partition coefficient (Wildman–Crippen LogP) is 1.46. The van der Waals surface area contributed by atoms with Gasteiger partial charge in [-0.15, -0.1) is 11.8 Å². The number of anilines is 1. The summed E-state index contributed by atoms with van der Waals surface area (Å²) in [4.78, 5) is 38.2. The smallest absolute Gasteiger partial charge is 0.253 e. The van der Waals surface area contributed by atoms with Crippen molar-refractivity contribution in [2.24, 2.45) is 11.7 Å². The third kappa shape index (κ3) is 3.50. The van der Waals surface area contributed by atoms with Crippen molar-refractivity contribution in [1.82, 2.24) is 4.90 Å². The Bertz CT molecular complexity index is 654. The van der Waals surface area contributed by atoms with Crippen LogP contribution in [0.2, 0.25) is 0 Å². The molecule has 7 heteroatoms. The lowest BCUT2D eigenvalue weighted by atomic mass is 9.96. The molecule has 0 atom stereocenters. The number of primary amides is 1. The van der Waals surface area contributed by atoms with E-state index in [9.17, 15) is 14.4 Å². The maximum atomic E-state index is 12.6. The maximum Gasteiger partial charge on any atom is 0.253 e. The largest absolute Gasteiger partial charge is 0.369 e. The highest BCUT2D eigenvalue weighted by Crippen LogP contribution is 2.32. The van der Waals surface area contributed by atoms with Crippen LogP contribution in [0.4, 0.5) is 5.69 Å². The third-order valence-corrected chi connectivity index (χ3v) is 5.35. The predicted molar refractivity (Wildman–Crippen MR) is 88.2 cm³/mol. The molecule has 0 saturated carbocycles. The minimum absolute atomic E-state index is 0.0249. The summed E-state index contributed by atoms with van der Waals surface area (Å²) >= 11 is 1.61. The second kappa shape index (κ2) is 6.62. The molecule has 0 unspecified atom stereocenters. The van der Waals surface area contributed by atoms with E-state index in [1.54, 1.807) is 28.8 Å². The Labute approximate surface area is 138 Å². The Balaban J connectivity index is 1.73. The number of benzene rings is 1. The molecule has 3 amide bonds. The van der Waals surface area contributed by atoms with Gasteiger partial charge in [0.25, 0.3) is 5.91 Å². The first-order chi connectivity index (χ1) is 11.0. The van der Waals surface area contributed by atoms with Crippen LogP contribution in [-0.4, -0.2) is 41.5 Å². The van der Waals surface area contributed by atoms with Gasteiger partial charge in [-0.05, 0) is 31.0 Å². The van der Waals surface area contributed by atoms with Crippen LogP contribution in [0.5, 0.6) is 0 Å². The van der Waals surface area contributed by atoms with E-state index in [1.165, 1.54) is 0 Å². The second-order valence-corrected chi connectivity index (χ2v) is 6.96. The van der Waals surface area contributed by atoms with Gasteiger partial charge in [0.15, 0.2) is 0 Å². The molecule has 122 valence electrons. The van der Waals surface area contributed by atoms with Gasteiger partial charge >= 0.3 is 0 Å². The van der Waals surface area contributed by atoms with Crippen LogP contribution >= 0.6 is 11.8 Å². The third-order valence-electron chi connectivity index (χ3n) is 4.27. The van der Waals surface area contributed by atoms with Crippen LogP contribution in [0.1, 0.15) is 29.6 Å². The van der Waals surface area contributed by atoms with Crippen LogP contribution in [-0.2, 0) is 9.59 Å². The van der Waals surface area contributed by atoms with E-state index in [-0.39, 0.29) is 23.6 Å². The molecule has 0 bridgehead atoms. The first-order valence-corrected chi connectivity index (χ1v) is 8.68. The lowest BCUT2D eigenvalue weighted by Crippen LogP contribution is -2.41. The number of fused-ring (bicyclic) bond motifs is 1. The number of thioether (sulfide) groups is 1. The lowest BCUT2D eigenvalue weighted by Gasteiger charge is -2.30. The van der Waals surface area contributed by atoms with Crippen molar-refractivity contribution in [2.45, 2.75) is 24.2 Å². The number of nitrogens with two attached hydrogens (primary N) is 1. The lowest BCUT2D eigenvalue weighted by molar-refractivity contribution is -0.123. The molecule has 1 aromatic rings. The molecular weight excluding hydrogens is 314 g/mol. The highest BCUT2D eigenvalue weighted by molar-refractivity contribution is 7.99. The summed E-state index contributed by atoms with van der Waals surface area (Å²) in [5.74, 6) is 0.221. The Morgan fingerprint density at radius 2 is 2.00 bits per heavy atom. The molecule has 3 N–H and O–H groups in total. The first-order valence-electron chi connectivity index (χ1n) is 7.70. The van der Waals surface area contributed by atoms with Gasteiger partial charge in [-0.3, -0.25) is 14.4 Å². The summed E-state index contributed by atoms with van der Waals surface area (Å²) < 4.78 is 0. The zero-order valence-corrected chi connectivity index (χ0v) is 13.5. The van der Waals surface area contributed by atoms with Crippen molar-refractivity contribution < 1.29 is 14.4 Å². The molecule has 0 aliphatic carbocycles. The number of carbonyl (C=O) groups is 3. The number of piperidine rings is 1. The normalized spacial score (nSPS) is 18.8. The van der Waals surface area contributed by atoms with Crippen LogP contribution in [0.15, 0.2) is 23.1 Å². The summed E-state index contributed by atoms with van der Waals surface area (Å²) in [5, 5.41) is 2.85. The van der Waals surface area contributed by atoms with Crippen LogP contribution in [0, 0.1) is 5.92 Å².